The highest BCUT2D eigenvalue weighted by atomic mass is 16.5. The number of aromatic nitrogens is 1. The smallest absolute Gasteiger partial charge is 0.409 e. The Morgan fingerprint density at radius 3 is 2.53 bits per heavy atom. The molecule has 2 rings (SSSR count). The van der Waals surface area contributed by atoms with Gasteiger partial charge in [0.05, 0.1) is 5.69 Å². The molecule has 5 heteroatoms. The first-order chi connectivity index (χ1) is 7.90. The summed E-state index contributed by atoms with van der Waals surface area (Å²) in [6, 6.07) is 3.10. The number of nitrogens with two attached hydrogens (primary N) is 1. The summed E-state index contributed by atoms with van der Waals surface area (Å²) in [4.78, 5) is 26.4. The molecule has 1 aliphatic rings. The molecule has 0 aliphatic heterocycles. The monoisotopic (exact) mass is 234 g/mol. The zero-order chi connectivity index (χ0) is 12.6. The first-order valence-corrected chi connectivity index (χ1v) is 5.41. The summed E-state index contributed by atoms with van der Waals surface area (Å²) in [5.41, 5.74) is 6.04. The lowest BCUT2D eigenvalue weighted by Gasteiger charge is -2.11. The minimum absolute atomic E-state index is 0.00121. The zero-order valence-corrected chi connectivity index (χ0v) is 9.82. The van der Waals surface area contributed by atoms with Crippen LogP contribution in [0, 0.1) is 0 Å². The summed E-state index contributed by atoms with van der Waals surface area (Å²) in [5, 5.41) is 0. The van der Waals surface area contributed by atoms with E-state index in [2.05, 4.69) is 11.9 Å². The third kappa shape index (κ3) is 2.43. The average molecular weight is 234 g/mol. The van der Waals surface area contributed by atoms with Gasteiger partial charge in [0.25, 0.3) is 0 Å². The van der Waals surface area contributed by atoms with Crippen molar-refractivity contribution in [2.45, 2.75) is 32.1 Å². The maximum atomic E-state index is 11.3. The molecule has 0 spiro atoms. The lowest BCUT2D eigenvalue weighted by molar-refractivity contribution is 0.101. The van der Waals surface area contributed by atoms with Crippen molar-refractivity contribution in [3.05, 3.63) is 23.5 Å². The van der Waals surface area contributed by atoms with Crippen LogP contribution >= 0.6 is 0 Å². The van der Waals surface area contributed by atoms with Gasteiger partial charge in [-0.2, -0.15) is 0 Å². The summed E-state index contributed by atoms with van der Waals surface area (Å²) >= 11 is 0. The molecular formula is C12H14N2O3. The Morgan fingerprint density at radius 2 is 2.06 bits per heavy atom. The van der Waals surface area contributed by atoms with Crippen molar-refractivity contribution in [1.29, 1.82) is 0 Å². The van der Waals surface area contributed by atoms with Gasteiger partial charge >= 0.3 is 6.09 Å². The van der Waals surface area contributed by atoms with Crippen molar-refractivity contribution in [3.8, 4) is 5.75 Å². The van der Waals surface area contributed by atoms with Gasteiger partial charge in [0.1, 0.15) is 11.4 Å². The molecule has 90 valence electrons. The molecule has 0 unspecified atom stereocenters. The van der Waals surface area contributed by atoms with E-state index in [1.165, 1.54) is 13.0 Å². The van der Waals surface area contributed by atoms with Gasteiger partial charge in [-0.05, 0) is 12.8 Å². The molecular weight excluding hydrogens is 220 g/mol. The quantitative estimate of drug-likeness (QED) is 0.808. The van der Waals surface area contributed by atoms with E-state index in [-0.39, 0.29) is 16.9 Å². The highest BCUT2D eigenvalue weighted by Crippen LogP contribution is 2.47. The van der Waals surface area contributed by atoms with Crippen LogP contribution in [0.2, 0.25) is 0 Å². The lowest BCUT2D eigenvalue weighted by atomic mass is 10.0. The summed E-state index contributed by atoms with van der Waals surface area (Å²) in [6.45, 7) is 3.49. The lowest BCUT2D eigenvalue weighted by Crippen LogP contribution is -2.17. The van der Waals surface area contributed by atoms with Gasteiger partial charge in [-0.25, -0.2) is 9.78 Å². The van der Waals surface area contributed by atoms with E-state index in [1.807, 2.05) is 0 Å². The molecule has 0 radical (unpaired) electrons. The fourth-order valence-electron chi connectivity index (χ4n) is 1.61. The van der Waals surface area contributed by atoms with Gasteiger partial charge in [0.15, 0.2) is 5.78 Å². The third-order valence-corrected chi connectivity index (χ3v) is 3.00. The predicted molar refractivity (Wildman–Crippen MR) is 61.0 cm³/mol. The molecule has 0 atom stereocenters. The van der Waals surface area contributed by atoms with Crippen molar-refractivity contribution in [1.82, 2.24) is 4.98 Å². The highest BCUT2D eigenvalue weighted by Gasteiger charge is 2.41. The number of carbonyl (C=O) groups is 2. The Kier molecular flexibility index (Phi) is 2.61. The Morgan fingerprint density at radius 1 is 1.41 bits per heavy atom. The van der Waals surface area contributed by atoms with Gasteiger partial charge < -0.3 is 10.5 Å². The minimum Gasteiger partial charge on any atom is -0.410 e. The maximum absolute atomic E-state index is 11.3. The van der Waals surface area contributed by atoms with Crippen molar-refractivity contribution in [2.24, 2.45) is 5.73 Å². The second-order valence-electron chi connectivity index (χ2n) is 4.61. The standard InChI is InChI=1S/C12H14N2O3/c1-7(15)9-5-8(17-11(13)16)6-10(14-9)12(2)3-4-12/h5-6H,3-4H2,1-2H3,(H2,13,16). The van der Waals surface area contributed by atoms with E-state index in [9.17, 15) is 9.59 Å². The number of amides is 1. The predicted octanol–water partition coefficient (Wildman–Crippen LogP) is 1.79. The minimum atomic E-state index is -0.891. The normalized spacial score (nSPS) is 16.4. The third-order valence-electron chi connectivity index (χ3n) is 3.00. The molecule has 17 heavy (non-hydrogen) atoms. The molecule has 1 amide bonds. The van der Waals surface area contributed by atoms with E-state index >= 15 is 0 Å². The molecule has 0 aromatic carbocycles. The van der Waals surface area contributed by atoms with Crippen LogP contribution in [0.15, 0.2) is 12.1 Å². The van der Waals surface area contributed by atoms with Crippen LogP contribution in [0.4, 0.5) is 4.79 Å². The summed E-state index contributed by atoms with van der Waals surface area (Å²) in [5.74, 6) is 0.117. The van der Waals surface area contributed by atoms with E-state index in [1.54, 1.807) is 6.07 Å². The second-order valence-corrected chi connectivity index (χ2v) is 4.61. The largest absolute Gasteiger partial charge is 0.410 e. The molecule has 1 aliphatic carbocycles. The van der Waals surface area contributed by atoms with Crippen LogP contribution in [0.1, 0.15) is 42.9 Å². The number of ether oxygens (including phenoxy) is 1. The number of nitrogens with zero attached hydrogens (tertiary/aromatic N) is 1. The van der Waals surface area contributed by atoms with Gasteiger partial charge in [0.2, 0.25) is 0 Å². The summed E-state index contributed by atoms with van der Waals surface area (Å²) < 4.78 is 4.82. The molecule has 0 bridgehead atoms. The zero-order valence-electron chi connectivity index (χ0n) is 9.82. The van der Waals surface area contributed by atoms with Crippen LogP contribution in [0.5, 0.6) is 5.75 Å². The number of Topliss-reactive ketones (excluding diaryl/α,β-unsaturated/α-hetero) is 1. The first-order valence-electron chi connectivity index (χ1n) is 5.41. The van der Waals surface area contributed by atoms with Crippen molar-refractivity contribution < 1.29 is 14.3 Å². The van der Waals surface area contributed by atoms with Crippen molar-refractivity contribution in [2.75, 3.05) is 0 Å². The van der Waals surface area contributed by atoms with Crippen LogP contribution in [0.3, 0.4) is 0 Å². The Balaban J connectivity index is 2.42. The number of hydrogen-bond donors (Lipinski definition) is 1. The molecule has 2 N–H and O–H groups in total. The number of rotatable bonds is 3. The van der Waals surface area contributed by atoms with E-state index in [0.717, 1.165) is 18.5 Å². The molecule has 1 saturated carbocycles. The summed E-state index contributed by atoms with van der Waals surface area (Å²) in [7, 11) is 0. The van der Waals surface area contributed by atoms with Crippen LogP contribution in [0.25, 0.3) is 0 Å². The fraction of sp³-hybridized carbons (Fsp3) is 0.417. The second kappa shape index (κ2) is 3.84. The van der Waals surface area contributed by atoms with E-state index in [4.69, 9.17) is 10.5 Å². The Labute approximate surface area is 99.0 Å². The van der Waals surface area contributed by atoms with Gasteiger partial charge in [0, 0.05) is 24.5 Å². The Hall–Kier alpha value is -1.91. The molecule has 1 fully saturated rings. The topological polar surface area (TPSA) is 82.3 Å². The molecule has 0 saturated heterocycles. The van der Waals surface area contributed by atoms with Crippen LogP contribution in [-0.2, 0) is 5.41 Å². The number of carbonyl (C=O) groups excluding carboxylic acids is 2. The highest BCUT2D eigenvalue weighted by molar-refractivity contribution is 5.92. The molecule has 1 heterocycles. The van der Waals surface area contributed by atoms with Crippen LogP contribution < -0.4 is 10.5 Å². The fourth-order valence-corrected chi connectivity index (χ4v) is 1.61. The number of primary amides is 1. The van der Waals surface area contributed by atoms with Gasteiger partial charge in [-0.3, -0.25) is 4.79 Å². The van der Waals surface area contributed by atoms with E-state index < -0.39 is 6.09 Å². The first kappa shape index (κ1) is 11.6. The number of pyridine rings is 1. The van der Waals surface area contributed by atoms with Crippen LogP contribution in [-0.4, -0.2) is 16.9 Å². The molecule has 1 aromatic rings. The average Bonchev–Trinajstić information content (AvgIpc) is 2.96. The molecule has 5 nitrogen and oxygen atoms in total. The van der Waals surface area contributed by atoms with Gasteiger partial charge in [-0.1, -0.05) is 6.92 Å². The van der Waals surface area contributed by atoms with Crippen molar-refractivity contribution in [3.63, 3.8) is 0 Å². The number of hydrogen-bond acceptors (Lipinski definition) is 4. The SMILES string of the molecule is CC(=O)c1cc(OC(N)=O)cc(C2(C)CC2)n1. The maximum Gasteiger partial charge on any atom is 0.409 e. The summed E-state index contributed by atoms with van der Waals surface area (Å²) in [6.07, 6.45) is 1.16. The van der Waals surface area contributed by atoms with Crippen molar-refractivity contribution >= 4 is 11.9 Å². The Bertz CT molecular complexity index is 493. The number of ketones is 1. The van der Waals surface area contributed by atoms with E-state index in [0.29, 0.717) is 5.69 Å². The molecule has 1 aromatic heterocycles. The van der Waals surface area contributed by atoms with Gasteiger partial charge in [-0.15, -0.1) is 0 Å².